The number of rotatable bonds is 3. The van der Waals surface area contributed by atoms with Crippen LogP contribution in [0.4, 0.5) is 10.1 Å². The Morgan fingerprint density at radius 3 is 3.00 bits per heavy atom. The zero-order valence-electron chi connectivity index (χ0n) is 11.6. The van der Waals surface area contributed by atoms with Gasteiger partial charge in [0.25, 0.3) is 0 Å². The van der Waals surface area contributed by atoms with Crippen LogP contribution in [0.2, 0.25) is 0 Å². The van der Waals surface area contributed by atoms with Crippen LogP contribution in [-0.4, -0.2) is 36.6 Å². The molecule has 1 fully saturated rings. The Labute approximate surface area is 135 Å². The number of hydrogen-bond acceptors (Lipinski definition) is 4. The fourth-order valence-corrected chi connectivity index (χ4v) is 3.06. The number of nitriles is 1. The molecule has 0 saturated carbocycles. The molecule has 0 aromatic heterocycles. The SMILES string of the molecule is N#Cc1ccc(F)c(Br)c1NC1=CC(=O)N(C2CCOC2)C1. The third kappa shape index (κ3) is 2.72. The molecule has 7 heteroatoms. The summed E-state index contributed by atoms with van der Waals surface area (Å²) in [4.78, 5) is 13.8. The van der Waals surface area contributed by atoms with Gasteiger partial charge in [0.2, 0.25) is 5.91 Å². The molecular formula is C15H13BrFN3O2. The molecule has 1 amide bonds. The summed E-state index contributed by atoms with van der Waals surface area (Å²) in [6.45, 7) is 1.60. The maximum absolute atomic E-state index is 13.7. The van der Waals surface area contributed by atoms with E-state index >= 15 is 0 Å². The van der Waals surface area contributed by atoms with Gasteiger partial charge in [0, 0.05) is 18.4 Å². The van der Waals surface area contributed by atoms with Crippen molar-refractivity contribution in [2.45, 2.75) is 12.5 Å². The lowest BCUT2D eigenvalue weighted by Crippen LogP contribution is -2.37. The molecule has 0 bridgehead atoms. The third-order valence-corrected chi connectivity index (χ3v) is 4.54. The summed E-state index contributed by atoms with van der Waals surface area (Å²) in [5.74, 6) is -0.559. The standard InChI is InChI=1S/C15H13BrFN3O2/c16-14-12(17)2-1-9(6-18)15(14)19-10-5-13(21)20(7-10)11-3-4-22-8-11/h1-2,5,11,19H,3-4,7-8H2. The van der Waals surface area contributed by atoms with Crippen LogP contribution >= 0.6 is 15.9 Å². The highest BCUT2D eigenvalue weighted by atomic mass is 79.9. The fraction of sp³-hybridized carbons (Fsp3) is 0.333. The molecule has 1 aromatic carbocycles. The van der Waals surface area contributed by atoms with Crippen molar-refractivity contribution in [3.63, 3.8) is 0 Å². The van der Waals surface area contributed by atoms with Crippen LogP contribution < -0.4 is 5.32 Å². The smallest absolute Gasteiger partial charge is 0.249 e. The Morgan fingerprint density at radius 2 is 2.32 bits per heavy atom. The second-order valence-corrected chi connectivity index (χ2v) is 5.97. The largest absolute Gasteiger partial charge is 0.379 e. The summed E-state index contributed by atoms with van der Waals surface area (Å²) in [6, 6.07) is 4.72. The molecule has 2 aliphatic heterocycles. The lowest BCUT2D eigenvalue weighted by molar-refractivity contribution is -0.126. The molecule has 2 heterocycles. The van der Waals surface area contributed by atoms with Crippen molar-refractivity contribution < 1.29 is 13.9 Å². The molecule has 0 aliphatic carbocycles. The first-order chi connectivity index (χ1) is 10.6. The van der Waals surface area contributed by atoms with E-state index in [0.29, 0.717) is 36.7 Å². The normalized spacial score (nSPS) is 21.0. The highest BCUT2D eigenvalue weighted by Gasteiger charge is 2.31. The molecular weight excluding hydrogens is 353 g/mol. The molecule has 1 atom stereocenters. The number of ether oxygens (including phenoxy) is 1. The third-order valence-electron chi connectivity index (χ3n) is 3.77. The zero-order valence-corrected chi connectivity index (χ0v) is 13.2. The van der Waals surface area contributed by atoms with Crippen molar-refractivity contribution in [3.8, 4) is 6.07 Å². The van der Waals surface area contributed by atoms with Crippen LogP contribution in [0.3, 0.4) is 0 Å². The Hall–Kier alpha value is -1.91. The minimum absolute atomic E-state index is 0.0782. The number of anilines is 1. The van der Waals surface area contributed by atoms with Gasteiger partial charge in [-0.1, -0.05) is 0 Å². The maximum atomic E-state index is 13.7. The van der Waals surface area contributed by atoms with E-state index in [2.05, 4.69) is 21.2 Å². The summed E-state index contributed by atoms with van der Waals surface area (Å²) in [5.41, 5.74) is 1.29. The van der Waals surface area contributed by atoms with Crippen LogP contribution in [0.15, 0.2) is 28.4 Å². The maximum Gasteiger partial charge on any atom is 0.249 e. The van der Waals surface area contributed by atoms with Crippen molar-refractivity contribution >= 4 is 27.5 Å². The predicted molar refractivity (Wildman–Crippen MR) is 81.5 cm³/mol. The van der Waals surface area contributed by atoms with Crippen LogP contribution in [0.5, 0.6) is 0 Å². The van der Waals surface area contributed by atoms with Gasteiger partial charge < -0.3 is 15.0 Å². The number of halogens is 2. The molecule has 2 aliphatic rings. The first-order valence-electron chi connectivity index (χ1n) is 6.84. The quantitative estimate of drug-likeness (QED) is 0.892. The summed E-state index contributed by atoms with van der Waals surface area (Å²) in [7, 11) is 0. The topological polar surface area (TPSA) is 65.4 Å². The van der Waals surface area contributed by atoms with Crippen molar-refractivity contribution in [2.75, 3.05) is 25.1 Å². The van der Waals surface area contributed by atoms with Crippen LogP contribution in [-0.2, 0) is 9.53 Å². The highest BCUT2D eigenvalue weighted by molar-refractivity contribution is 9.10. The van der Waals surface area contributed by atoms with E-state index in [1.54, 1.807) is 4.90 Å². The predicted octanol–water partition coefficient (Wildman–Crippen LogP) is 2.39. The van der Waals surface area contributed by atoms with E-state index in [1.807, 2.05) is 6.07 Å². The first-order valence-corrected chi connectivity index (χ1v) is 7.63. The molecule has 1 N–H and O–H groups in total. The number of hydrogen-bond donors (Lipinski definition) is 1. The Bertz CT molecular complexity index is 693. The van der Waals surface area contributed by atoms with E-state index in [0.717, 1.165) is 6.42 Å². The minimum Gasteiger partial charge on any atom is -0.379 e. The van der Waals surface area contributed by atoms with Crippen LogP contribution in [0, 0.1) is 17.1 Å². The van der Waals surface area contributed by atoms with E-state index in [1.165, 1.54) is 18.2 Å². The molecule has 1 unspecified atom stereocenters. The average Bonchev–Trinajstić information content (AvgIpc) is 3.13. The van der Waals surface area contributed by atoms with Gasteiger partial charge in [-0.2, -0.15) is 5.26 Å². The van der Waals surface area contributed by atoms with Crippen molar-refractivity contribution in [1.29, 1.82) is 5.26 Å². The van der Waals surface area contributed by atoms with E-state index < -0.39 is 5.82 Å². The summed E-state index contributed by atoms with van der Waals surface area (Å²) >= 11 is 3.14. The molecule has 1 saturated heterocycles. The van der Waals surface area contributed by atoms with Crippen molar-refractivity contribution in [1.82, 2.24) is 4.90 Å². The van der Waals surface area contributed by atoms with E-state index in [-0.39, 0.29) is 16.4 Å². The van der Waals surface area contributed by atoms with Gasteiger partial charge in [-0.05, 0) is 34.5 Å². The molecule has 0 radical (unpaired) electrons. The number of nitrogens with one attached hydrogen (secondary N) is 1. The lowest BCUT2D eigenvalue weighted by Gasteiger charge is -2.23. The fourth-order valence-electron chi connectivity index (χ4n) is 2.62. The second-order valence-electron chi connectivity index (χ2n) is 5.17. The lowest BCUT2D eigenvalue weighted by atomic mass is 10.2. The molecule has 114 valence electrons. The monoisotopic (exact) mass is 365 g/mol. The molecule has 1 aromatic rings. The Kier molecular flexibility index (Phi) is 4.14. The summed E-state index contributed by atoms with van der Waals surface area (Å²) in [5, 5.41) is 12.1. The van der Waals surface area contributed by atoms with Gasteiger partial charge in [-0.3, -0.25) is 4.79 Å². The van der Waals surface area contributed by atoms with Gasteiger partial charge in [0.15, 0.2) is 0 Å². The first kappa shape index (κ1) is 15.0. The van der Waals surface area contributed by atoms with Crippen LogP contribution in [0.25, 0.3) is 0 Å². The van der Waals surface area contributed by atoms with Gasteiger partial charge >= 0.3 is 0 Å². The number of amides is 1. The van der Waals surface area contributed by atoms with Gasteiger partial charge in [-0.25, -0.2) is 4.39 Å². The summed E-state index contributed by atoms with van der Waals surface area (Å²) in [6.07, 6.45) is 2.30. The Morgan fingerprint density at radius 1 is 1.50 bits per heavy atom. The van der Waals surface area contributed by atoms with Crippen molar-refractivity contribution in [2.24, 2.45) is 0 Å². The van der Waals surface area contributed by atoms with Crippen molar-refractivity contribution in [3.05, 3.63) is 39.8 Å². The van der Waals surface area contributed by atoms with E-state index in [4.69, 9.17) is 10.00 Å². The van der Waals surface area contributed by atoms with Crippen LogP contribution in [0.1, 0.15) is 12.0 Å². The summed E-state index contributed by atoms with van der Waals surface area (Å²) < 4.78 is 19.1. The molecule has 22 heavy (non-hydrogen) atoms. The number of carbonyl (C=O) groups is 1. The Balaban J connectivity index is 1.80. The molecule has 0 spiro atoms. The van der Waals surface area contributed by atoms with E-state index in [9.17, 15) is 9.18 Å². The minimum atomic E-state index is -0.465. The number of benzene rings is 1. The van der Waals surface area contributed by atoms with Gasteiger partial charge in [0.05, 0.1) is 34.9 Å². The number of nitrogens with zero attached hydrogens (tertiary/aromatic N) is 2. The second kappa shape index (κ2) is 6.07. The average molecular weight is 366 g/mol. The van der Waals surface area contributed by atoms with Gasteiger partial charge in [-0.15, -0.1) is 0 Å². The molecule has 3 rings (SSSR count). The highest BCUT2D eigenvalue weighted by Crippen LogP contribution is 2.31. The molecule has 5 nitrogen and oxygen atoms in total. The van der Waals surface area contributed by atoms with Gasteiger partial charge in [0.1, 0.15) is 11.9 Å². The number of carbonyl (C=O) groups excluding carboxylic acids is 1. The zero-order chi connectivity index (χ0) is 15.7.